The third-order valence-electron chi connectivity index (χ3n) is 5.22. The maximum Gasteiger partial charge on any atom is 0.357 e. The second kappa shape index (κ2) is 9.37. The topological polar surface area (TPSA) is 136 Å². The van der Waals surface area contributed by atoms with E-state index >= 15 is 0 Å². The summed E-state index contributed by atoms with van der Waals surface area (Å²) in [6.07, 6.45) is 3.40. The van der Waals surface area contributed by atoms with Crippen LogP contribution >= 0.6 is 0 Å². The molecule has 0 saturated heterocycles. The van der Waals surface area contributed by atoms with E-state index in [1.54, 1.807) is 30.3 Å². The summed E-state index contributed by atoms with van der Waals surface area (Å²) in [7, 11) is 1.54. The molecule has 4 heterocycles. The standard InChI is InChI=1S/C23H17F2N7O4/c1-31(11-20-27-18(12-35-20)23(33)34)22-15(25)9-26-21(28-22)17-8-19(16-6-7-36-30-16)32(29-17)10-13-4-2-3-5-14(13)24/h2-9,12H,10-11H2,1H3,(H,33,34). The zero-order valence-electron chi connectivity index (χ0n) is 18.7. The van der Waals surface area contributed by atoms with Gasteiger partial charge in [-0.2, -0.15) is 5.10 Å². The second-order valence-corrected chi connectivity index (χ2v) is 7.70. The van der Waals surface area contributed by atoms with Gasteiger partial charge in [0.1, 0.15) is 29.7 Å². The third-order valence-corrected chi connectivity index (χ3v) is 5.22. The van der Waals surface area contributed by atoms with Gasteiger partial charge in [0.2, 0.25) is 5.89 Å². The number of aromatic carboxylic acids is 1. The Hall–Kier alpha value is -4.94. The molecule has 0 unspecified atom stereocenters. The molecule has 0 aliphatic heterocycles. The SMILES string of the molecule is CN(Cc1nc(C(=O)O)co1)c1nc(-c2cc(-c3ccon3)n(Cc3ccccc3F)n2)ncc1F. The highest BCUT2D eigenvalue weighted by Crippen LogP contribution is 2.27. The van der Waals surface area contributed by atoms with Crippen molar-refractivity contribution in [2.45, 2.75) is 13.1 Å². The van der Waals surface area contributed by atoms with Crippen LogP contribution in [0, 0.1) is 11.6 Å². The lowest BCUT2D eigenvalue weighted by atomic mass is 10.2. The Labute approximate surface area is 201 Å². The molecule has 36 heavy (non-hydrogen) atoms. The molecule has 11 nitrogen and oxygen atoms in total. The van der Waals surface area contributed by atoms with Crippen molar-refractivity contribution < 1.29 is 27.6 Å². The summed E-state index contributed by atoms with van der Waals surface area (Å²) >= 11 is 0. The number of carboxylic acids is 1. The quantitative estimate of drug-likeness (QED) is 0.341. The van der Waals surface area contributed by atoms with E-state index in [9.17, 15) is 13.6 Å². The molecule has 0 aliphatic rings. The largest absolute Gasteiger partial charge is 0.476 e. The van der Waals surface area contributed by atoms with E-state index in [0.29, 0.717) is 22.6 Å². The van der Waals surface area contributed by atoms with Gasteiger partial charge in [-0.1, -0.05) is 23.4 Å². The van der Waals surface area contributed by atoms with Crippen molar-refractivity contribution in [3.8, 4) is 22.9 Å². The number of hydrogen-bond donors (Lipinski definition) is 1. The van der Waals surface area contributed by atoms with Gasteiger partial charge >= 0.3 is 5.97 Å². The Morgan fingerprint density at radius 1 is 1.14 bits per heavy atom. The Morgan fingerprint density at radius 2 is 1.97 bits per heavy atom. The maximum absolute atomic E-state index is 14.6. The number of hydrogen-bond acceptors (Lipinski definition) is 9. The molecule has 0 amide bonds. The fraction of sp³-hybridized carbons (Fsp3) is 0.130. The molecule has 4 aromatic heterocycles. The number of carboxylic acid groups (broad SMARTS) is 1. The molecule has 0 aliphatic carbocycles. The lowest BCUT2D eigenvalue weighted by molar-refractivity contribution is 0.0690. The summed E-state index contributed by atoms with van der Waals surface area (Å²) in [5.74, 6) is -2.25. The van der Waals surface area contributed by atoms with Gasteiger partial charge in [-0.15, -0.1) is 0 Å². The summed E-state index contributed by atoms with van der Waals surface area (Å²) in [4.78, 5) is 24.6. The minimum atomic E-state index is -1.24. The monoisotopic (exact) mass is 493 g/mol. The smallest absolute Gasteiger partial charge is 0.357 e. The third kappa shape index (κ3) is 4.53. The molecule has 0 bridgehead atoms. The molecule has 5 aromatic rings. The molecule has 0 atom stereocenters. The number of carbonyl (C=O) groups is 1. The van der Waals surface area contributed by atoms with Crippen molar-refractivity contribution in [1.29, 1.82) is 0 Å². The van der Waals surface area contributed by atoms with Crippen molar-refractivity contribution in [2.75, 3.05) is 11.9 Å². The molecule has 0 spiro atoms. The minimum absolute atomic E-state index is 0.0490. The van der Waals surface area contributed by atoms with E-state index < -0.39 is 11.8 Å². The maximum atomic E-state index is 14.6. The molecule has 182 valence electrons. The minimum Gasteiger partial charge on any atom is -0.476 e. The number of oxazole rings is 1. The summed E-state index contributed by atoms with van der Waals surface area (Å²) in [6, 6.07) is 9.58. The summed E-state index contributed by atoms with van der Waals surface area (Å²) < 4.78 is 40.5. The van der Waals surface area contributed by atoms with E-state index in [0.717, 1.165) is 12.5 Å². The number of anilines is 1. The highest BCUT2D eigenvalue weighted by molar-refractivity contribution is 5.84. The number of nitrogens with zero attached hydrogens (tertiary/aromatic N) is 7. The molecular weight excluding hydrogens is 476 g/mol. The molecule has 0 fully saturated rings. The van der Waals surface area contributed by atoms with E-state index in [1.165, 1.54) is 29.0 Å². The number of benzene rings is 1. The average Bonchev–Trinajstić information content (AvgIpc) is 3.62. The van der Waals surface area contributed by atoms with Crippen molar-refractivity contribution in [3.63, 3.8) is 0 Å². The van der Waals surface area contributed by atoms with Gasteiger partial charge in [-0.3, -0.25) is 4.68 Å². The summed E-state index contributed by atoms with van der Waals surface area (Å²) in [5.41, 5.74) is 1.42. The fourth-order valence-electron chi connectivity index (χ4n) is 3.49. The molecule has 0 radical (unpaired) electrons. The van der Waals surface area contributed by atoms with Gasteiger partial charge in [-0.25, -0.2) is 28.5 Å². The van der Waals surface area contributed by atoms with Crippen LogP contribution in [-0.4, -0.2) is 48.0 Å². The van der Waals surface area contributed by atoms with Gasteiger partial charge in [0, 0.05) is 18.7 Å². The van der Waals surface area contributed by atoms with E-state index in [4.69, 9.17) is 14.0 Å². The van der Waals surface area contributed by atoms with Crippen LogP contribution in [0.5, 0.6) is 0 Å². The van der Waals surface area contributed by atoms with Gasteiger partial charge in [0.25, 0.3) is 0 Å². The highest BCUT2D eigenvalue weighted by atomic mass is 19.1. The van der Waals surface area contributed by atoms with Crippen LogP contribution in [0.2, 0.25) is 0 Å². The molecule has 1 N–H and O–H groups in total. The first-order chi connectivity index (χ1) is 17.4. The van der Waals surface area contributed by atoms with Crippen LogP contribution in [0.4, 0.5) is 14.6 Å². The Bertz CT molecular complexity index is 1530. The highest BCUT2D eigenvalue weighted by Gasteiger charge is 2.20. The zero-order chi connectivity index (χ0) is 25.2. The van der Waals surface area contributed by atoms with Crippen molar-refractivity contribution >= 4 is 11.8 Å². The van der Waals surface area contributed by atoms with Gasteiger partial charge in [0.15, 0.2) is 23.2 Å². The van der Waals surface area contributed by atoms with Crippen molar-refractivity contribution in [1.82, 2.24) is 29.9 Å². The van der Waals surface area contributed by atoms with Gasteiger partial charge in [0.05, 0.1) is 25.0 Å². The number of aromatic nitrogens is 6. The Kier molecular flexibility index (Phi) is 5.94. The van der Waals surface area contributed by atoms with Crippen LogP contribution in [0.25, 0.3) is 22.9 Å². The number of rotatable bonds is 8. The van der Waals surface area contributed by atoms with Crippen LogP contribution in [0.3, 0.4) is 0 Å². The first-order valence-electron chi connectivity index (χ1n) is 10.5. The molecule has 0 saturated carbocycles. The normalized spacial score (nSPS) is 11.1. The molecule has 1 aromatic carbocycles. The first kappa shape index (κ1) is 22.8. The Morgan fingerprint density at radius 3 is 2.69 bits per heavy atom. The van der Waals surface area contributed by atoms with E-state index in [1.807, 2.05) is 0 Å². The van der Waals surface area contributed by atoms with Gasteiger partial charge < -0.3 is 18.9 Å². The Balaban J connectivity index is 1.48. The van der Waals surface area contributed by atoms with Crippen LogP contribution in [0.15, 0.2) is 64.1 Å². The van der Waals surface area contributed by atoms with Crippen molar-refractivity contribution in [3.05, 3.63) is 83.9 Å². The van der Waals surface area contributed by atoms with E-state index in [-0.39, 0.29) is 42.1 Å². The molecular formula is C23H17F2N7O4. The van der Waals surface area contributed by atoms with Crippen LogP contribution in [0.1, 0.15) is 21.9 Å². The van der Waals surface area contributed by atoms with E-state index in [2.05, 4.69) is 25.2 Å². The predicted molar refractivity (Wildman–Crippen MR) is 120 cm³/mol. The van der Waals surface area contributed by atoms with Crippen LogP contribution < -0.4 is 4.90 Å². The summed E-state index contributed by atoms with van der Waals surface area (Å²) in [5, 5.41) is 17.5. The second-order valence-electron chi connectivity index (χ2n) is 7.70. The van der Waals surface area contributed by atoms with Crippen LogP contribution in [-0.2, 0) is 13.1 Å². The zero-order valence-corrected chi connectivity index (χ0v) is 18.7. The molecule has 13 heteroatoms. The number of halogens is 2. The van der Waals surface area contributed by atoms with Gasteiger partial charge in [-0.05, 0) is 12.1 Å². The lowest BCUT2D eigenvalue weighted by Gasteiger charge is -2.16. The molecule has 5 rings (SSSR count). The first-order valence-corrected chi connectivity index (χ1v) is 10.5. The fourth-order valence-corrected chi connectivity index (χ4v) is 3.49. The summed E-state index contributed by atoms with van der Waals surface area (Å²) in [6.45, 7) is 0.0471. The van der Waals surface area contributed by atoms with Crippen molar-refractivity contribution in [2.24, 2.45) is 0 Å². The predicted octanol–water partition coefficient (Wildman–Crippen LogP) is 3.64. The average molecular weight is 493 g/mol. The lowest BCUT2D eigenvalue weighted by Crippen LogP contribution is -2.20.